The van der Waals surface area contributed by atoms with Crippen molar-refractivity contribution in [3.05, 3.63) is 64.2 Å². The highest BCUT2D eigenvalue weighted by Gasteiger charge is 2.33. The number of nitrogens with zero attached hydrogens (tertiary/aromatic N) is 2. The number of fused-ring (bicyclic) bond motifs is 1. The molecule has 0 fully saturated rings. The van der Waals surface area contributed by atoms with E-state index >= 15 is 0 Å². The lowest BCUT2D eigenvalue weighted by Crippen LogP contribution is -2.24. The molecule has 128 valence electrons. The van der Waals surface area contributed by atoms with E-state index < -0.39 is 23.7 Å². The van der Waals surface area contributed by atoms with Crippen molar-refractivity contribution in [2.75, 3.05) is 12.4 Å². The molecule has 0 bridgehead atoms. The highest BCUT2D eigenvalue weighted by molar-refractivity contribution is 6.22. The summed E-state index contributed by atoms with van der Waals surface area (Å²) in [6.07, 6.45) is 0. The Morgan fingerprint density at radius 3 is 2.42 bits per heavy atom. The van der Waals surface area contributed by atoms with Crippen molar-refractivity contribution >= 4 is 29.4 Å². The van der Waals surface area contributed by atoms with Crippen LogP contribution in [0, 0.1) is 11.3 Å². The zero-order chi connectivity index (χ0) is 19.0. The van der Waals surface area contributed by atoms with Gasteiger partial charge in [-0.3, -0.25) is 19.3 Å². The average Bonchev–Trinajstić information content (AvgIpc) is 2.85. The monoisotopic (exact) mass is 349 g/mol. The van der Waals surface area contributed by atoms with Crippen LogP contribution in [-0.4, -0.2) is 40.7 Å². The Kier molecular flexibility index (Phi) is 3.98. The number of hydrogen-bond acceptors (Lipinski definition) is 5. The fourth-order valence-electron chi connectivity index (χ4n) is 2.60. The maximum absolute atomic E-state index is 12.4. The van der Waals surface area contributed by atoms with Gasteiger partial charge in [0.25, 0.3) is 17.7 Å². The van der Waals surface area contributed by atoms with Gasteiger partial charge in [-0.1, -0.05) is 0 Å². The number of hydrogen-bond donors (Lipinski definition) is 2. The van der Waals surface area contributed by atoms with E-state index in [-0.39, 0.29) is 33.5 Å². The van der Waals surface area contributed by atoms with Gasteiger partial charge in [-0.15, -0.1) is 0 Å². The molecular formula is C18H11N3O5. The number of imide groups is 1. The van der Waals surface area contributed by atoms with E-state index in [4.69, 9.17) is 5.26 Å². The van der Waals surface area contributed by atoms with Crippen LogP contribution in [-0.2, 0) is 0 Å². The Balaban J connectivity index is 1.93. The molecule has 26 heavy (non-hydrogen) atoms. The summed E-state index contributed by atoms with van der Waals surface area (Å²) in [5.74, 6) is -2.90. The molecule has 8 heteroatoms. The van der Waals surface area contributed by atoms with Crippen LogP contribution < -0.4 is 5.32 Å². The first kappa shape index (κ1) is 16.9. The van der Waals surface area contributed by atoms with E-state index in [2.05, 4.69) is 5.32 Å². The molecule has 0 unspecified atom stereocenters. The number of rotatable bonds is 3. The van der Waals surface area contributed by atoms with Gasteiger partial charge in [0.15, 0.2) is 0 Å². The van der Waals surface area contributed by atoms with E-state index in [1.54, 1.807) is 0 Å². The predicted molar refractivity (Wildman–Crippen MR) is 88.9 cm³/mol. The largest absolute Gasteiger partial charge is 0.478 e. The van der Waals surface area contributed by atoms with Gasteiger partial charge in [-0.25, -0.2) is 4.79 Å². The fourth-order valence-corrected chi connectivity index (χ4v) is 2.60. The van der Waals surface area contributed by atoms with Crippen molar-refractivity contribution in [2.24, 2.45) is 0 Å². The minimum absolute atomic E-state index is 0.0153. The summed E-state index contributed by atoms with van der Waals surface area (Å²) in [7, 11) is 1.35. The highest BCUT2D eigenvalue weighted by Crippen LogP contribution is 2.24. The van der Waals surface area contributed by atoms with Crippen LogP contribution in [0.1, 0.15) is 47.0 Å². The van der Waals surface area contributed by atoms with Crippen LogP contribution in [0.4, 0.5) is 5.69 Å². The Morgan fingerprint density at radius 1 is 1.08 bits per heavy atom. The first-order chi connectivity index (χ1) is 12.3. The topological polar surface area (TPSA) is 128 Å². The lowest BCUT2D eigenvalue weighted by atomic mass is 10.0. The van der Waals surface area contributed by atoms with Crippen molar-refractivity contribution in [1.82, 2.24) is 4.90 Å². The van der Waals surface area contributed by atoms with Gasteiger partial charge in [0.1, 0.15) is 0 Å². The predicted octanol–water partition coefficient (Wildman–Crippen LogP) is 1.73. The summed E-state index contributed by atoms with van der Waals surface area (Å²) in [4.78, 5) is 48.6. The third-order valence-electron chi connectivity index (χ3n) is 3.98. The SMILES string of the molecule is CN1C(=O)c2ccc(C(=O)Nc3ccc(C#N)cc3C(=O)O)cc2C1=O. The van der Waals surface area contributed by atoms with Crippen LogP contribution in [0.2, 0.25) is 0 Å². The molecule has 2 aromatic carbocycles. The maximum Gasteiger partial charge on any atom is 0.337 e. The molecule has 3 amide bonds. The van der Waals surface area contributed by atoms with E-state index in [9.17, 15) is 24.3 Å². The minimum Gasteiger partial charge on any atom is -0.478 e. The van der Waals surface area contributed by atoms with Crippen molar-refractivity contribution in [3.8, 4) is 6.07 Å². The zero-order valence-corrected chi connectivity index (χ0v) is 13.4. The van der Waals surface area contributed by atoms with E-state index in [1.165, 1.54) is 37.4 Å². The second-order valence-corrected chi connectivity index (χ2v) is 5.56. The minimum atomic E-state index is -1.30. The van der Waals surface area contributed by atoms with E-state index in [1.807, 2.05) is 6.07 Å². The van der Waals surface area contributed by atoms with Gasteiger partial charge < -0.3 is 10.4 Å². The van der Waals surface area contributed by atoms with Crippen LogP contribution in [0.3, 0.4) is 0 Å². The van der Waals surface area contributed by atoms with Crippen LogP contribution in [0.15, 0.2) is 36.4 Å². The molecule has 1 aliphatic rings. The number of carboxylic acid groups (broad SMARTS) is 1. The third kappa shape index (κ3) is 2.67. The first-order valence-corrected chi connectivity index (χ1v) is 7.38. The Morgan fingerprint density at radius 2 is 1.77 bits per heavy atom. The number of aromatic carboxylic acids is 1. The molecule has 0 aromatic heterocycles. The molecule has 0 radical (unpaired) electrons. The van der Waals surface area contributed by atoms with Crippen molar-refractivity contribution in [1.29, 1.82) is 5.26 Å². The van der Waals surface area contributed by atoms with Crippen LogP contribution in [0.5, 0.6) is 0 Å². The van der Waals surface area contributed by atoms with E-state index in [0.29, 0.717) is 0 Å². The standard InChI is InChI=1S/C18H11N3O5/c1-21-16(23)11-4-3-10(7-12(11)17(21)24)15(22)20-14-5-2-9(8-19)6-13(14)18(25)26/h2-7H,1H3,(H,20,22)(H,25,26). The normalized spacial score (nSPS) is 12.5. The molecule has 0 saturated heterocycles. The summed E-state index contributed by atoms with van der Waals surface area (Å²) < 4.78 is 0. The summed E-state index contributed by atoms with van der Waals surface area (Å²) in [6.45, 7) is 0. The summed E-state index contributed by atoms with van der Waals surface area (Å²) >= 11 is 0. The lowest BCUT2D eigenvalue weighted by Gasteiger charge is -2.09. The second kappa shape index (κ2) is 6.14. The van der Waals surface area contributed by atoms with Gasteiger partial charge in [0, 0.05) is 12.6 Å². The molecule has 0 atom stereocenters. The smallest absolute Gasteiger partial charge is 0.337 e. The quantitative estimate of drug-likeness (QED) is 0.812. The summed E-state index contributed by atoms with van der Waals surface area (Å²) in [5, 5.41) is 20.5. The molecule has 2 aromatic rings. The molecule has 1 heterocycles. The fraction of sp³-hybridized carbons (Fsp3) is 0.0556. The molecule has 0 aliphatic carbocycles. The maximum atomic E-state index is 12.4. The van der Waals surface area contributed by atoms with Crippen molar-refractivity contribution in [3.63, 3.8) is 0 Å². The van der Waals surface area contributed by atoms with Crippen LogP contribution in [0.25, 0.3) is 0 Å². The summed E-state index contributed by atoms with van der Waals surface area (Å²) in [5.41, 5.74) is 0.346. The molecular weight excluding hydrogens is 338 g/mol. The number of carboxylic acids is 1. The Hall–Kier alpha value is -3.99. The molecule has 1 aliphatic heterocycles. The summed E-state index contributed by atoms with van der Waals surface area (Å²) in [6, 6.07) is 9.72. The van der Waals surface area contributed by atoms with Crippen molar-refractivity contribution < 1.29 is 24.3 Å². The average molecular weight is 349 g/mol. The van der Waals surface area contributed by atoms with Crippen molar-refractivity contribution in [2.45, 2.75) is 0 Å². The second-order valence-electron chi connectivity index (χ2n) is 5.56. The zero-order valence-electron chi connectivity index (χ0n) is 13.4. The van der Waals surface area contributed by atoms with Gasteiger partial charge in [-0.05, 0) is 36.4 Å². The number of benzene rings is 2. The van der Waals surface area contributed by atoms with Crippen LogP contribution >= 0.6 is 0 Å². The number of amides is 3. The van der Waals surface area contributed by atoms with Gasteiger partial charge in [-0.2, -0.15) is 5.26 Å². The van der Waals surface area contributed by atoms with E-state index in [0.717, 1.165) is 11.0 Å². The highest BCUT2D eigenvalue weighted by atomic mass is 16.4. The molecule has 0 spiro atoms. The first-order valence-electron chi connectivity index (χ1n) is 7.38. The number of nitriles is 1. The number of anilines is 1. The van der Waals surface area contributed by atoms with Gasteiger partial charge >= 0.3 is 5.97 Å². The molecule has 8 nitrogen and oxygen atoms in total. The Bertz CT molecular complexity index is 1040. The molecule has 0 saturated carbocycles. The van der Waals surface area contributed by atoms with Gasteiger partial charge in [0.05, 0.1) is 34.0 Å². The number of nitrogens with one attached hydrogen (secondary N) is 1. The third-order valence-corrected chi connectivity index (χ3v) is 3.98. The Labute approximate surface area is 147 Å². The molecule has 3 rings (SSSR count). The molecule has 2 N–H and O–H groups in total. The van der Waals surface area contributed by atoms with Gasteiger partial charge in [0.2, 0.25) is 0 Å². The number of carbonyl (C=O) groups excluding carboxylic acids is 3. The number of carbonyl (C=O) groups is 4. The lowest BCUT2D eigenvalue weighted by molar-refractivity contribution is 0.0682.